The van der Waals surface area contributed by atoms with Gasteiger partial charge in [-0.1, -0.05) is 30.3 Å². The minimum atomic E-state index is -0.286. The molecule has 0 aliphatic rings. The first kappa shape index (κ1) is 18.6. The van der Waals surface area contributed by atoms with Crippen LogP contribution in [0.3, 0.4) is 0 Å². The smallest absolute Gasteiger partial charge is 0.320 e. The van der Waals surface area contributed by atoms with Gasteiger partial charge in [0.1, 0.15) is 18.5 Å². The zero-order valence-electron chi connectivity index (χ0n) is 16.0. The molecule has 0 spiro atoms. The van der Waals surface area contributed by atoms with Crippen molar-refractivity contribution in [3.63, 3.8) is 0 Å². The van der Waals surface area contributed by atoms with Gasteiger partial charge in [0.15, 0.2) is 0 Å². The number of rotatable bonds is 5. The molecule has 0 fully saturated rings. The van der Waals surface area contributed by atoms with Gasteiger partial charge < -0.3 is 5.32 Å². The minimum Gasteiger partial charge on any atom is -0.334 e. The summed E-state index contributed by atoms with van der Waals surface area (Å²) in [6.45, 7) is 8.60. The van der Waals surface area contributed by atoms with Gasteiger partial charge in [0, 0.05) is 11.6 Å². The molecule has 2 aromatic heterocycles. The predicted octanol–water partition coefficient (Wildman–Crippen LogP) is 3.11. The summed E-state index contributed by atoms with van der Waals surface area (Å²) in [6, 6.07) is 9.50. The van der Waals surface area contributed by atoms with E-state index < -0.39 is 0 Å². The SMILES string of the molecule is C[C@@H](Cn1cncn1)NC(=O)Nc1c(-c2ccccc2)cnn1C(C)(C)C. The molecule has 1 aromatic carbocycles. The number of nitrogens with one attached hydrogen (secondary N) is 2. The lowest BCUT2D eigenvalue weighted by molar-refractivity contribution is 0.247. The number of hydrogen-bond donors (Lipinski definition) is 2. The van der Waals surface area contributed by atoms with Gasteiger partial charge in [-0.15, -0.1) is 0 Å². The molecule has 8 heteroatoms. The van der Waals surface area contributed by atoms with Crippen molar-refractivity contribution in [2.24, 2.45) is 0 Å². The molecule has 0 saturated carbocycles. The number of aromatic nitrogens is 5. The number of nitrogens with zero attached hydrogens (tertiary/aromatic N) is 5. The van der Waals surface area contributed by atoms with Crippen LogP contribution in [0, 0.1) is 0 Å². The fraction of sp³-hybridized carbons (Fsp3) is 0.368. The van der Waals surface area contributed by atoms with Crippen molar-refractivity contribution in [1.82, 2.24) is 29.9 Å². The molecular weight excluding hydrogens is 342 g/mol. The molecule has 3 rings (SSSR count). The molecule has 2 amide bonds. The van der Waals surface area contributed by atoms with E-state index in [0.717, 1.165) is 11.1 Å². The second-order valence-electron chi connectivity index (χ2n) is 7.47. The highest BCUT2D eigenvalue weighted by molar-refractivity contribution is 5.93. The maximum Gasteiger partial charge on any atom is 0.320 e. The normalized spacial score (nSPS) is 12.6. The second-order valence-corrected chi connectivity index (χ2v) is 7.47. The number of benzene rings is 1. The lowest BCUT2D eigenvalue weighted by Gasteiger charge is -2.23. The van der Waals surface area contributed by atoms with Gasteiger partial charge in [0.2, 0.25) is 0 Å². The maximum atomic E-state index is 12.6. The van der Waals surface area contributed by atoms with Gasteiger partial charge in [-0.3, -0.25) is 10.00 Å². The van der Waals surface area contributed by atoms with Gasteiger partial charge in [-0.2, -0.15) is 10.2 Å². The van der Waals surface area contributed by atoms with Crippen LogP contribution in [0.2, 0.25) is 0 Å². The molecule has 27 heavy (non-hydrogen) atoms. The van der Waals surface area contributed by atoms with E-state index in [4.69, 9.17) is 0 Å². The Hall–Kier alpha value is -3.16. The Morgan fingerprint density at radius 1 is 1.19 bits per heavy atom. The van der Waals surface area contributed by atoms with Gasteiger partial charge in [0.05, 0.1) is 18.3 Å². The highest BCUT2D eigenvalue weighted by atomic mass is 16.2. The Labute approximate surface area is 158 Å². The van der Waals surface area contributed by atoms with Crippen LogP contribution in [0.15, 0.2) is 49.2 Å². The van der Waals surface area contributed by atoms with Gasteiger partial charge in [-0.05, 0) is 33.3 Å². The van der Waals surface area contributed by atoms with E-state index >= 15 is 0 Å². The van der Waals surface area contributed by atoms with Crippen molar-refractivity contribution in [2.75, 3.05) is 5.32 Å². The first-order chi connectivity index (χ1) is 12.8. The highest BCUT2D eigenvalue weighted by Crippen LogP contribution is 2.31. The minimum absolute atomic E-state index is 0.113. The Morgan fingerprint density at radius 3 is 2.56 bits per heavy atom. The summed E-state index contributed by atoms with van der Waals surface area (Å²) in [5.74, 6) is 0.666. The number of carbonyl (C=O) groups is 1. The fourth-order valence-electron chi connectivity index (χ4n) is 2.83. The van der Waals surface area contributed by atoms with Crippen molar-refractivity contribution in [2.45, 2.75) is 45.8 Å². The Balaban J connectivity index is 1.80. The third-order valence-corrected chi connectivity index (χ3v) is 4.03. The second kappa shape index (κ2) is 7.61. The monoisotopic (exact) mass is 367 g/mol. The van der Waals surface area contributed by atoms with E-state index in [9.17, 15) is 4.79 Å². The molecule has 0 bridgehead atoms. The summed E-state index contributed by atoms with van der Waals surface area (Å²) in [4.78, 5) is 16.5. The number of urea groups is 1. The zero-order valence-corrected chi connectivity index (χ0v) is 16.0. The largest absolute Gasteiger partial charge is 0.334 e. The lowest BCUT2D eigenvalue weighted by Crippen LogP contribution is -2.39. The number of carbonyl (C=O) groups excluding carboxylic acids is 1. The third kappa shape index (κ3) is 4.52. The molecule has 2 N–H and O–H groups in total. The quantitative estimate of drug-likeness (QED) is 0.725. The van der Waals surface area contributed by atoms with Crippen LogP contribution in [-0.4, -0.2) is 36.6 Å². The van der Waals surface area contributed by atoms with Gasteiger partial charge in [0.25, 0.3) is 0 Å². The molecular formula is C19H25N7O. The molecule has 0 radical (unpaired) electrons. The molecule has 0 aliphatic carbocycles. The van der Waals surface area contributed by atoms with Crippen LogP contribution in [0.4, 0.5) is 10.6 Å². The molecule has 142 valence electrons. The van der Waals surface area contributed by atoms with Crippen LogP contribution < -0.4 is 10.6 Å². The Kier molecular flexibility index (Phi) is 5.25. The predicted molar refractivity (Wildman–Crippen MR) is 104 cm³/mol. The van der Waals surface area contributed by atoms with E-state index in [1.807, 2.05) is 62.7 Å². The summed E-state index contributed by atoms with van der Waals surface area (Å²) in [7, 11) is 0. The van der Waals surface area contributed by atoms with Crippen molar-refractivity contribution >= 4 is 11.8 Å². The summed E-state index contributed by atoms with van der Waals surface area (Å²) in [6.07, 6.45) is 4.88. The molecule has 0 unspecified atom stereocenters. The maximum absolute atomic E-state index is 12.6. The first-order valence-corrected chi connectivity index (χ1v) is 8.88. The van der Waals surface area contributed by atoms with E-state index in [0.29, 0.717) is 12.4 Å². The average Bonchev–Trinajstić information content (AvgIpc) is 3.24. The third-order valence-electron chi connectivity index (χ3n) is 4.03. The average molecular weight is 367 g/mol. The van der Waals surface area contributed by atoms with E-state index in [2.05, 4.69) is 25.8 Å². The molecule has 2 heterocycles. The molecule has 0 aliphatic heterocycles. The molecule has 1 atom stereocenters. The van der Waals surface area contributed by atoms with Crippen molar-refractivity contribution in [3.8, 4) is 11.1 Å². The van der Waals surface area contributed by atoms with Crippen LogP contribution in [0.1, 0.15) is 27.7 Å². The zero-order chi connectivity index (χ0) is 19.4. The van der Waals surface area contributed by atoms with Crippen LogP contribution >= 0.6 is 0 Å². The first-order valence-electron chi connectivity index (χ1n) is 8.88. The van der Waals surface area contributed by atoms with Gasteiger partial charge >= 0.3 is 6.03 Å². The number of anilines is 1. The number of amides is 2. The van der Waals surface area contributed by atoms with Crippen LogP contribution in [0.25, 0.3) is 11.1 Å². The van der Waals surface area contributed by atoms with Crippen molar-refractivity contribution in [3.05, 3.63) is 49.2 Å². The van der Waals surface area contributed by atoms with Crippen LogP contribution in [-0.2, 0) is 12.1 Å². The van der Waals surface area contributed by atoms with Gasteiger partial charge in [-0.25, -0.2) is 14.5 Å². The standard InChI is InChI=1S/C19H25N7O/c1-14(11-25-13-20-12-22-25)23-18(27)24-17-16(15-8-6-5-7-9-15)10-21-26(17)19(2,3)4/h5-10,12-14H,11H2,1-4H3,(H2,23,24,27)/t14-/m0/s1. The summed E-state index contributed by atoms with van der Waals surface area (Å²) >= 11 is 0. The van der Waals surface area contributed by atoms with Crippen LogP contribution in [0.5, 0.6) is 0 Å². The van der Waals surface area contributed by atoms with E-state index in [-0.39, 0.29) is 17.6 Å². The van der Waals surface area contributed by atoms with Crippen molar-refractivity contribution in [1.29, 1.82) is 0 Å². The molecule has 0 saturated heterocycles. The molecule has 3 aromatic rings. The topological polar surface area (TPSA) is 89.7 Å². The fourth-order valence-corrected chi connectivity index (χ4v) is 2.83. The number of hydrogen-bond acceptors (Lipinski definition) is 4. The highest BCUT2D eigenvalue weighted by Gasteiger charge is 2.23. The van der Waals surface area contributed by atoms with E-state index in [1.54, 1.807) is 17.2 Å². The lowest BCUT2D eigenvalue weighted by atomic mass is 10.1. The van der Waals surface area contributed by atoms with Crippen molar-refractivity contribution < 1.29 is 4.79 Å². The summed E-state index contributed by atoms with van der Waals surface area (Å²) in [5.41, 5.74) is 1.60. The Bertz CT molecular complexity index is 879. The van der Waals surface area contributed by atoms with E-state index in [1.165, 1.54) is 6.33 Å². The summed E-state index contributed by atoms with van der Waals surface area (Å²) < 4.78 is 3.51. The molecule has 8 nitrogen and oxygen atoms in total. The summed E-state index contributed by atoms with van der Waals surface area (Å²) in [5, 5.41) is 14.5. The Morgan fingerprint density at radius 2 is 1.93 bits per heavy atom.